The Morgan fingerprint density at radius 1 is 1.11 bits per heavy atom. The average molecular weight is 365 g/mol. The monoisotopic (exact) mass is 365 g/mol. The SMILES string of the molecule is CN(Cc1ccccn1)Cc1cc(=O)cc(-c2cc(NCCO)ccn2)[nH]1. The topological polar surface area (TPSA) is 94.1 Å². The molecule has 0 radical (unpaired) electrons. The van der Waals surface area contributed by atoms with Crippen molar-refractivity contribution >= 4 is 5.69 Å². The van der Waals surface area contributed by atoms with E-state index in [4.69, 9.17) is 5.11 Å². The van der Waals surface area contributed by atoms with Crippen LogP contribution in [-0.2, 0) is 13.1 Å². The van der Waals surface area contributed by atoms with Crippen LogP contribution in [0.3, 0.4) is 0 Å². The molecule has 0 spiro atoms. The Bertz CT molecular complexity index is 927. The van der Waals surface area contributed by atoms with Gasteiger partial charge in [0, 0.05) is 55.5 Å². The van der Waals surface area contributed by atoms with Crippen LogP contribution in [0.25, 0.3) is 11.4 Å². The Kier molecular flexibility index (Phi) is 6.30. The second kappa shape index (κ2) is 9.07. The summed E-state index contributed by atoms with van der Waals surface area (Å²) in [4.78, 5) is 26.2. The zero-order valence-electron chi connectivity index (χ0n) is 15.2. The number of aromatic nitrogens is 3. The third-order valence-electron chi connectivity index (χ3n) is 3.97. The lowest BCUT2D eigenvalue weighted by atomic mass is 10.2. The quantitative estimate of drug-likeness (QED) is 0.564. The number of pyridine rings is 3. The summed E-state index contributed by atoms with van der Waals surface area (Å²) in [5.74, 6) is 0. The molecule has 140 valence electrons. The van der Waals surface area contributed by atoms with Crippen LogP contribution in [0.2, 0.25) is 0 Å². The second-order valence-electron chi connectivity index (χ2n) is 6.33. The van der Waals surface area contributed by atoms with Gasteiger partial charge in [0.25, 0.3) is 0 Å². The first-order valence-corrected chi connectivity index (χ1v) is 8.77. The van der Waals surface area contributed by atoms with Crippen molar-refractivity contribution in [2.45, 2.75) is 13.1 Å². The van der Waals surface area contributed by atoms with Gasteiger partial charge in [-0.2, -0.15) is 0 Å². The molecule has 0 saturated carbocycles. The summed E-state index contributed by atoms with van der Waals surface area (Å²) < 4.78 is 0. The maximum atomic E-state index is 12.2. The van der Waals surface area contributed by atoms with E-state index in [1.165, 1.54) is 0 Å². The van der Waals surface area contributed by atoms with Gasteiger partial charge in [0.2, 0.25) is 0 Å². The maximum absolute atomic E-state index is 12.2. The van der Waals surface area contributed by atoms with Crippen molar-refractivity contribution in [2.75, 3.05) is 25.5 Å². The first kappa shape index (κ1) is 18.8. The molecule has 7 heteroatoms. The Morgan fingerprint density at radius 3 is 2.78 bits per heavy atom. The van der Waals surface area contributed by atoms with Crippen LogP contribution in [0.5, 0.6) is 0 Å². The number of aliphatic hydroxyl groups is 1. The Hall–Kier alpha value is -3.03. The number of nitrogens with one attached hydrogen (secondary N) is 2. The Balaban J connectivity index is 1.77. The minimum Gasteiger partial charge on any atom is -0.395 e. The molecule has 3 N–H and O–H groups in total. The van der Waals surface area contributed by atoms with Crippen molar-refractivity contribution < 1.29 is 5.11 Å². The van der Waals surface area contributed by atoms with E-state index in [-0.39, 0.29) is 12.0 Å². The summed E-state index contributed by atoms with van der Waals surface area (Å²) in [6.45, 7) is 1.78. The Labute approximate surface area is 157 Å². The molecule has 3 aromatic heterocycles. The van der Waals surface area contributed by atoms with Crippen LogP contribution in [0.1, 0.15) is 11.4 Å². The van der Waals surface area contributed by atoms with E-state index in [1.54, 1.807) is 24.5 Å². The van der Waals surface area contributed by atoms with Crippen LogP contribution < -0.4 is 10.7 Å². The van der Waals surface area contributed by atoms with E-state index in [0.717, 1.165) is 17.1 Å². The van der Waals surface area contributed by atoms with Crippen molar-refractivity contribution in [1.82, 2.24) is 19.9 Å². The van der Waals surface area contributed by atoms with E-state index in [9.17, 15) is 4.79 Å². The molecule has 3 heterocycles. The zero-order chi connectivity index (χ0) is 19.1. The van der Waals surface area contributed by atoms with Crippen molar-refractivity contribution in [1.29, 1.82) is 0 Å². The summed E-state index contributed by atoms with van der Waals surface area (Å²) in [6, 6.07) is 12.6. The van der Waals surface area contributed by atoms with Gasteiger partial charge in [0.15, 0.2) is 5.43 Å². The van der Waals surface area contributed by atoms with Crippen LogP contribution in [0.4, 0.5) is 5.69 Å². The Morgan fingerprint density at radius 2 is 2.00 bits per heavy atom. The van der Waals surface area contributed by atoms with Gasteiger partial charge >= 0.3 is 0 Å². The molecule has 3 rings (SSSR count). The number of nitrogens with zero attached hydrogens (tertiary/aromatic N) is 3. The second-order valence-corrected chi connectivity index (χ2v) is 6.33. The van der Waals surface area contributed by atoms with Gasteiger partial charge in [-0.25, -0.2) is 0 Å². The number of H-pyrrole nitrogens is 1. The molecule has 0 aliphatic rings. The van der Waals surface area contributed by atoms with Gasteiger partial charge in [0.1, 0.15) is 0 Å². The highest BCUT2D eigenvalue weighted by Crippen LogP contribution is 2.18. The van der Waals surface area contributed by atoms with Crippen LogP contribution in [-0.4, -0.2) is 45.2 Å². The molecule has 0 aliphatic heterocycles. The molecular weight excluding hydrogens is 342 g/mol. The third kappa shape index (κ3) is 5.47. The predicted octanol–water partition coefficient (Wildman–Crippen LogP) is 1.87. The van der Waals surface area contributed by atoms with Gasteiger partial charge in [-0.3, -0.25) is 19.7 Å². The van der Waals surface area contributed by atoms with Gasteiger partial charge in [0.05, 0.1) is 23.7 Å². The van der Waals surface area contributed by atoms with E-state index in [1.807, 2.05) is 37.4 Å². The summed E-state index contributed by atoms with van der Waals surface area (Å²) in [5.41, 5.74) is 3.89. The van der Waals surface area contributed by atoms with E-state index in [2.05, 4.69) is 25.2 Å². The number of hydrogen-bond acceptors (Lipinski definition) is 6. The molecule has 0 aliphatic carbocycles. The lowest BCUT2D eigenvalue weighted by Gasteiger charge is -2.16. The number of hydrogen-bond donors (Lipinski definition) is 3. The first-order valence-electron chi connectivity index (χ1n) is 8.77. The molecule has 0 atom stereocenters. The highest BCUT2D eigenvalue weighted by molar-refractivity contribution is 5.60. The summed E-state index contributed by atoms with van der Waals surface area (Å²) >= 11 is 0. The summed E-state index contributed by atoms with van der Waals surface area (Å²) in [5, 5.41) is 12.0. The van der Waals surface area contributed by atoms with E-state index >= 15 is 0 Å². The molecule has 0 amide bonds. The summed E-state index contributed by atoms with van der Waals surface area (Å²) in [7, 11) is 1.98. The third-order valence-corrected chi connectivity index (χ3v) is 3.97. The normalized spacial score (nSPS) is 10.9. The molecule has 0 unspecified atom stereocenters. The highest BCUT2D eigenvalue weighted by atomic mass is 16.3. The molecule has 7 nitrogen and oxygen atoms in total. The molecule has 0 fully saturated rings. The molecule has 0 saturated heterocycles. The molecular formula is C20H23N5O2. The predicted molar refractivity (Wildman–Crippen MR) is 105 cm³/mol. The fourth-order valence-electron chi connectivity index (χ4n) is 2.83. The summed E-state index contributed by atoms with van der Waals surface area (Å²) in [6.07, 6.45) is 3.45. The van der Waals surface area contributed by atoms with Crippen LogP contribution >= 0.6 is 0 Å². The lowest BCUT2D eigenvalue weighted by molar-refractivity contribution is 0.311. The average Bonchev–Trinajstić information content (AvgIpc) is 2.67. The molecule has 0 bridgehead atoms. The highest BCUT2D eigenvalue weighted by Gasteiger charge is 2.08. The first-order chi connectivity index (χ1) is 13.1. The number of aromatic amines is 1. The van der Waals surface area contributed by atoms with Crippen LogP contribution in [0, 0.1) is 0 Å². The van der Waals surface area contributed by atoms with Crippen molar-refractivity contribution in [3.8, 4) is 11.4 Å². The van der Waals surface area contributed by atoms with Gasteiger partial charge in [-0.05, 0) is 31.3 Å². The maximum Gasteiger partial charge on any atom is 0.182 e. The van der Waals surface area contributed by atoms with Crippen molar-refractivity contribution in [3.05, 3.63) is 76.5 Å². The standard InChI is InChI=1S/C20H23N5O2/c1-25(13-16-4-2-3-6-21-16)14-17-10-18(27)12-20(24-17)19-11-15(5-7-23-19)22-8-9-26/h2-7,10-12,26H,8-9,13-14H2,1H3,(H,22,23)(H,24,27). The van der Waals surface area contributed by atoms with Crippen molar-refractivity contribution in [2.24, 2.45) is 0 Å². The number of aliphatic hydroxyl groups excluding tert-OH is 1. The van der Waals surface area contributed by atoms with Gasteiger partial charge in [-0.1, -0.05) is 6.07 Å². The smallest absolute Gasteiger partial charge is 0.182 e. The fraction of sp³-hybridized carbons (Fsp3) is 0.250. The van der Waals surface area contributed by atoms with Crippen LogP contribution in [0.15, 0.2) is 59.7 Å². The molecule has 3 aromatic rings. The van der Waals surface area contributed by atoms with Crippen molar-refractivity contribution in [3.63, 3.8) is 0 Å². The largest absolute Gasteiger partial charge is 0.395 e. The van der Waals surface area contributed by atoms with Gasteiger partial charge in [-0.15, -0.1) is 0 Å². The van der Waals surface area contributed by atoms with E-state index < -0.39 is 0 Å². The molecule has 0 aromatic carbocycles. The van der Waals surface area contributed by atoms with E-state index in [0.29, 0.717) is 31.0 Å². The molecule has 27 heavy (non-hydrogen) atoms. The minimum atomic E-state index is -0.0690. The minimum absolute atomic E-state index is 0.0482. The zero-order valence-corrected chi connectivity index (χ0v) is 15.2. The number of rotatable bonds is 8. The van der Waals surface area contributed by atoms with Gasteiger partial charge < -0.3 is 15.4 Å². The fourth-order valence-corrected chi connectivity index (χ4v) is 2.83. The lowest BCUT2D eigenvalue weighted by Crippen LogP contribution is -2.20. The number of anilines is 1.